The van der Waals surface area contributed by atoms with Gasteiger partial charge in [-0.15, -0.1) is 0 Å². The molecule has 0 aromatic heterocycles. The molecule has 1 rings (SSSR count). The fraction of sp³-hybridized carbons (Fsp3) is 1.00. The number of likely N-dealkylation sites (tertiary alicyclic amines) is 1. The van der Waals surface area contributed by atoms with Crippen LogP contribution in [0.3, 0.4) is 0 Å². The summed E-state index contributed by atoms with van der Waals surface area (Å²) in [7, 11) is 0. The lowest BCUT2D eigenvalue weighted by Gasteiger charge is -2.46. The highest BCUT2D eigenvalue weighted by molar-refractivity contribution is 4.95. The molecule has 2 unspecified atom stereocenters. The fourth-order valence-electron chi connectivity index (χ4n) is 3.14. The van der Waals surface area contributed by atoms with Crippen molar-refractivity contribution in [2.75, 3.05) is 13.1 Å². The average molecular weight is 241 g/mol. The Kier molecular flexibility index (Phi) is 5.90. The van der Waals surface area contributed by atoms with Crippen molar-refractivity contribution in [3.63, 3.8) is 0 Å². The van der Waals surface area contributed by atoms with Crippen LogP contribution in [0.15, 0.2) is 0 Å². The summed E-state index contributed by atoms with van der Waals surface area (Å²) in [5.74, 6) is 6.41. The normalized spacial score (nSPS) is 23.1. The van der Waals surface area contributed by atoms with Gasteiger partial charge in [-0.1, -0.05) is 33.1 Å². The zero-order valence-corrected chi connectivity index (χ0v) is 12.1. The van der Waals surface area contributed by atoms with Crippen molar-refractivity contribution in [1.29, 1.82) is 0 Å². The van der Waals surface area contributed by atoms with Gasteiger partial charge in [0.1, 0.15) is 0 Å². The highest BCUT2D eigenvalue weighted by Crippen LogP contribution is 2.27. The molecule has 0 bridgehead atoms. The van der Waals surface area contributed by atoms with Crippen molar-refractivity contribution in [2.24, 2.45) is 11.8 Å². The Labute approximate surface area is 107 Å². The van der Waals surface area contributed by atoms with Crippen molar-refractivity contribution in [3.8, 4) is 0 Å². The minimum atomic E-state index is 0.147. The molecule has 0 amide bonds. The quantitative estimate of drug-likeness (QED) is 0.574. The maximum Gasteiger partial charge on any atom is 0.0414 e. The largest absolute Gasteiger partial charge is 0.297 e. The summed E-state index contributed by atoms with van der Waals surface area (Å²) in [6, 6.07) is 0.366. The smallest absolute Gasteiger partial charge is 0.0414 e. The molecule has 3 heteroatoms. The third-order valence-corrected chi connectivity index (χ3v) is 4.57. The highest BCUT2D eigenvalue weighted by Gasteiger charge is 2.37. The third kappa shape index (κ3) is 3.67. The second kappa shape index (κ2) is 6.72. The molecule has 2 atom stereocenters. The van der Waals surface area contributed by atoms with Gasteiger partial charge in [0.25, 0.3) is 0 Å². The first kappa shape index (κ1) is 14.9. The third-order valence-electron chi connectivity index (χ3n) is 4.57. The van der Waals surface area contributed by atoms with Gasteiger partial charge < -0.3 is 0 Å². The lowest BCUT2D eigenvalue weighted by atomic mass is 9.82. The minimum Gasteiger partial charge on any atom is -0.297 e. The highest BCUT2D eigenvalue weighted by atomic mass is 15.3. The summed E-state index contributed by atoms with van der Waals surface area (Å²) in [6.45, 7) is 11.7. The Bertz CT molecular complexity index is 208. The van der Waals surface area contributed by atoms with Crippen LogP contribution in [0.25, 0.3) is 0 Å². The molecule has 0 aromatic carbocycles. The molecule has 1 heterocycles. The Morgan fingerprint density at radius 2 is 1.71 bits per heavy atom. The summed E-state index contributed by atoms with van der Waals surface area (Å²) < 4.78 is 0. The van der Waals surface area contributed by atoms with Crippen molar-refractivity contribution in [1.82, 2.24) is 10.3 Å². The van der Waals surface area contributed by atoms with Crippen molar-refractivity contribution in [2.45, 2.75) is 71.4 Å². The van der Waals surface area contributed by atoms with Gasteiger partial charge in [-0.25, -0.2) is 0 Å². The Morgan fingerprint density at radius 3 is 2.12 bits per heavy atom. The average Bonchev–Trinajstić information content (AvgIpc) is 2.58. The van der Waals surface area contributed by atoms with E-state index in [-0.39, 0.29) is 5.54 Å². The van der Waals surface area contributed by atoms with Crippen LogP contribution in [0.4, 0.5) is 0 Å². The maximum absolute atomic E-state index is 5.80. The van der Waals surface area contributed by atoms with Crippen LogP contribution in [0.1, 0.15) is 59.8 Å². The van der Waals surface area contributed by atoms with Gasteiger partial charge in [0.05, 0.1) is 0 Å². The number of hydrogen-bond acceptors (Lipinski definition) is 3. The van der Waals surface area contributed by atoms with E-state index < -0.39 is 0 Å². The molecule has 1 aliphatic heterocycles. The number of hydrazine groups is 1. The van der Waals surface area contributed by atoms with Gasteiger partial charge in [0, 0.05) is 11.6 Å². The molecule has 102 valence electrons. The minimum absolute atomic E-state index is 0.147. The summed E-state index contributed by atoms with van der Waals surface area (Å²) in [6.07, 6.45) is 6.61. The van der Waals surface area contributed by atoms with E-state index in [1.54, 1.807) is 0 Å². The second-order valence-corrected chi connectivity index (χ2v) is 6.08. The van der Waals surface area contributed by atoms with E-state index in [2.05, 4.69) is 38.0 Å². The van der Waals surface area contributed by atoms with E-state index in [9.17, 15) is 0 Å². The predicted molar refractivity (Wildman–Crippen MR) is 74.7 cm³/mol. The lowest BCUT2D eigenvalue weighted by Crippen LogP contribution is -2.62. The number of hydrogen-bond donors (Lipinski definition) is 2. The Morgan fingerprint density at radius 1 is 1.18 bits per heavy atom. The van der Waals surface area contributed by atoms with Gasteiger partial charge in [0.15, 0.2) is 0 Å². The number of nitrogens with two attached hydrogens (primary N) is 1. The van der Waals surface area contributed by atoms with E-state index in [4.69, 9.17) is 5.84 Å². The van der Waals surface area contributed by atoms with Crippen LogP contribution in [0.5, 0.6) is 0 Å². The molecule has 0 aromatic rings. The molecule has 3 N–H and O–H groups in total. The van der Waals surface area contributed by atoms with Crippen LogP contribution in [0, 0.1) is 5.92 Å². The van der Waals surface area contributed by atoms with Gasteiger partial charge in [-0.2, -0.15) is 0 Å². The first-order valence-electron chi connectivity index (χ1n) is 7.25. The van der Waals surface area contributed by atoms with E-state index in [0.29, 0.717) is 12.0 Å². The predicted octanol–water partition coefficient (Wildman–Crippen LogP) is 2.52. The van der Waals surface area contributed by atoms with Crippen LogP contribution in [0.2, 0.25) is 0 Å². The van der Waals surface area contributed by atoms with Crippen LogP contribution in [-0.2, 0) is 0 Å². The molecule has 17 heavy (non-hydrogen) atoms. The lowest BCUT2D eigenvalue weighted by molar-refractivity contribution is 0.0609. The monoisotopic (exact) mass is 241 g/mol. The molecule has 0 radical (unpaired) electrons. The van der Waals surface area contributed by atoms with Crippen molar-refractivity contribution >= 4 is 0 Å². The summed E-state index contributed by atoms with van der Waals surface area (Å²) >= 11 is 0. The molecule has 0 spiro atoms. The zero-order chi connectivity index (χ0) is 12.9. The van der Waals surface area contributed by atoms with E-state index in [1.165, 1.54) is 45.2 Å². The molecule has 1 saturated heterocycles. The van der Waals surface area contributed by atoms with Gasteiger partial charge in [-0.3, -0.25) is 16.2 Å². The topological polar surface area (TPSA) is 41.3 Å². The van der Waals surface area contributed by atoms with Crippen molar-refractivity contribution in [3.05, 3.63) is 0 Å². The first-order valence-corrected chi connectivity index (χ1v) is 7.25. The molecule has 0 saturated carbocycles. The molecule has 0 aliphatic carbocycles. The van der Waals surface area contributed by atoms with Gasteiger partial charge >= 0.3 is 0 Å². The first-order chi connectivity index (χ1) is 8.04. The van der Waals surface area contributed by atoms with Crippen LogP contribution < -0.4 is 11.3 Å². The molecule has 1 fully saturated rings. The number of rotatable bonds is 5. The van der Waals surface area contributed by atoms with Crippen LogP contribution in [-0.4, -0.2) is 29.6 Å². The molecule has 3 nitrogen and oxygen atoms in total. The van der Waals surface area contributed by atoms with Crippen LogP contribution >= 0.6 is 0 Å². The van der Waals surface area contributed by atoms with E-state index in [0.717, 1.165) is 0 Å². The SMILES string of the molecule is CCC(C)C(NN)C(C)(C)N1CCCCCC1. The number of nitrogens with one attached hydrogen (secondary N) is 1. The fourth-order valence-corrected chi connectivity index (χ4v) is 3.14. The molecular formula is C14H31N3. The molecular weight excluding hydrogens is 210 g/mol. The maximum atomic E-state index is 5.80. The zero-order valence-electron chi connectivity index (χ0n) is 12.1. The summed E-state index contributed by atoms with van der Waals surface area (Å²) in [5, 5.41) is 0. The van der Waals surface area contributed by atoms with Gasteiger partial charge in [0.2, 0.25) is 0 Å². The standard InChI is InChI=1S/C14H31N3/c1-5-12(2)13(16-15)14(3,4)17-10-8-6-7-9-11-17/h12-13,16H,5-11,15H2,1-4H3. The Balaban J connectivity index is 2.74. The van der Waals surface area contributed by atoms with E-state index in [1.807, 2.05) is 0 Å². The summed E-state index contributed by atoms with van der Waals surface area (Å²) in [5.41, 5.74) is 3.22. The van der Waals surface area contributed by atoms with Crippen molar-refractivity contribution < 1.29 is 0 Å². The second-order valence-electron chi connectivity index (χ2n) is 6.08. The molecule has 1 aliphatic rings. The number of nitrogens with zero attached hydrogens (tertiary/aromatic N) is 1. The summed E-state index contributed by atoms with van der Waals surface area (Å²) in [4.78, 5) is 2.64. The van der Waals surface area contributed by atoms with Gasteiger partial charge in [-0.05, 0) is 45.7 Å². The Hall–Kier alpha value is -0.120. The van der Waals surface area contributed by atoms with E-state index >= 15 is 0 Å².